The Morgan fingerprint density at radius 1 is 0.288 bits per heavy atom. The minimum absolute atomic E-state index is 0.00709. The van der Waals surface area contributed by atoms with Crippen LogP contribution >= 0.6 is 0 Å². The van der Waals surface area contributed by atoms with Crippen molar-refractivity contribution in [3.8, 4) is 55.6 Å². The molecule has 9 aromatic rings. The van der Waals surface area contributed by atoms with Crippen LogP contribution in [0.4, 0.5) is 0 Å². The van der Waals surface area contributed by atoms with Crippen molar-refractivity contribution in [1.29, 1.82) is 0 Å². The molecule has 0 aromatic heterocycles. The van der Waals surface area contributed by atoms with Crippen LogP contribution in [0.3, 0.4) is 0 Å². The fourth-order valence-corrected chi connectivity index (χ4v) is 8.01. The van der Waals surface area contributed by atoms with Gasteiger partial charge in [-0.2, -0.15) is 0 Å². The first kappa shape index (κ1) is 31.7. The van der Waals surface area contributed by atoms with Crippen LogP contribution in [-0.2, 0) is 5.41 Å². The third-order valence-electron chi connectivity index (χ3n) is 10.6. The van der Waals surface area contributed by atoms with Gasteiger partial charge in [0.25, 0.3) is 0 Å². The van der Waals surface area contributed by atoms with Gasteiger partial charge in [0.1, 0.15) is 0 Å². The van der Waals surface area contributed by atoms with Crippen LogP contribution in [0.15, 0.2) is 188 Å². The number of hydrogen-bond acceptors (Lipinski definition) is 0. The Morgan fingerprint density at radius 2 is 0.788 bits per heavy atom. The van der Waals surface area contributed by atoms with Crippen LogP contribution in [0, 0.1) is 0 Å². The molecule has 0 atom stereocenters. The number of hydrogen-bond donors (Lipinski definition) is 0. The highest BCUT2D eigenvalue weighted by atomic mass is 14.2. The lowest BCUT2D eigenvalue weighted by Gasteiger charge is -2.23. The Morgan fingerprint density at radius 3 is 1.48 bits per heavy atom. The van der Waals surface area contributed by atoms with Gasteiger partial charge >= 0.3 is 0 Å². The highest BCUT2D eigenvalue weighted by Gasteiger charge is 2.21. The molecule has 9 rings (SSSR count). The molecule has 0 fully saturated rings. The Hall–Kier alpha value is -6.24. The van der Waals surface area contributed by atoms with Gasteiger partial charge in [-0.25, -0.2) is 0 Å². The van der Waals surface area contributed by atoms with E-state index in [1.54, 1.807) is 0 Å². The standard InChI is InChI=1S/C52H40/c1-52(2,3)41-30-31-48-49(34-41)51(47-27-14-13-26-46(47)50(48)40-29-28-35-16-7-8-19-37(35)32-40)39-21-15-20-38(33-39)43-23-10-12-25-45(43)44-24-11-9-22-42(44)36-17-5-4-6-18-36/h4-34H,1-3H3. The molecular weight excluding hydrogens is 625 g/mol. The molecular formula is C52H40. The first-order chi connectivity index (χ1) is 25.4. The van der Waals surface area contributed by atoms with Gasteiger partial charge in [0.2, 0.25) is 0 Å². The molecule has 0 radical (unpaired) electrons. The number of rotatable bonds is 5. The van der Waals surface area contributed by atoms with Crippen LogP contribution in [0.25, 0.3) is 88.0 Å². The molecule has 0 saturated carbocycles. The predicted octanol–water partition coefficient (Wildman–Crippen LogP) is 14.8. The summed E-state index contributed by atoms with van der Waals surface area (Å²) in [6.45, 7) is 6.93. The molecule has 0 unspecified atom stereocenters. The maximum absolute atomic E-state index is 2.46. The van der Waals surface area contributed by atoms with E-state index < -0.39 is 0 Å². The smallest absolute Gasteiger partial charge is 0.00261 e. The monoisotopic (exact) mass is 664 g/mol. The molecule has 0 heteroatoms. The average molecular weight is 665 g/mol. The fraction of sp³-hybridized carbons (Fsp3) is 0.0769. The van der Waals surface area contributed by atoms with Gasteiger partial charge < -0.3 is 0 Å². The molecule has 0 nitrogen and oxygen atoms in total. The van der Waals surface area contributed by atoms with E-state index in [0.717, 1.165) is 0 Å². The first-order valence-electron chi connectivity index (χ1n) is 18.3. The van der Waals surface area contributed by atoms with E-state index >= 15 is 0 Å². The largest absolute Gasteiger partial charge is 0.0622 e. The third kappa shape index (κ3) is 5.58. The molecule has 0 aliphatic heterocycles. The van der Waals surface area contributed by atoms with Crippen molar-refractivity contribution in [2.24, 2.45) is 0 Å². The van der Waals surface area contributed by atoms with Crippen molar-refractivity contribution < 1.29 is 0 Å². The van der Waals surface area contributed by atoms with E-state index in [4.69, 9.17) is 0 Å². The Kier molecular flexibility index (Phi) is 7.82. The summed E-state index contributed by atoms with van der Waals surface area (Å²) in [7, 11) is 0. The lowest BCUT2D eigenvalue weighted by atomic mass is 9.81. The summed E-state index contributed by atoms with van der Waals surface area (Å²) in [4.78, 5) is 0. The van der Waals surface area contributed by atoms with Crippen molar-refractivity contribution in [2.75, 3.05) is 0 Å². The summed E-state index contributed by atoms with van der Waals surface area (Å²) < 4.78 is 0. The quantitative estimate of drug-likeness (QED) is 0.161. The molecule has 0 N–H and O–H groups in total. The highest BCUT2D eigenvalue weighted by Crippen LogP contribution is 2.46. The van der Waals surface area contributed by atoms with Gasteiger partial charge in [-0.1, -0.05) is 191 Å². The lowest BCUT2D eigenvalue weighted by Crippen LogP contribution is -2.10. The SMILES string of the molecule is CC(C)(C)c1ccc2c(-c3ccc4ccccc4c3)c3ccccc3c(-c3cccc(-c4ccccc4-c4ccccc4-c4ccccc4)c3)c2c1. The Bertz CT molecular complexity index is 2760. The zero-order chi connectivity index (χ0) is 35.2. The maximum Gasteiger partial charge on any atom is -0.00261 e. The van der Waals surface area contributed by atoms with Crippen molar-refractivity contribution in [3.63, 3.8) is 0 Å². The fourth-order valence-electron chi connectivity index (χ4n) is 8.01. The molecule has 0 heterocycles. The normalized spacial score (nSPS) is 11.8. The maximum atomic E-state index is 2.46. The van der Waals surface area contributed by atoms with Crippen molar-refractivity contribution in [2.45, 2.75) is 26.2 Å². The van der Waals surface area contributed by atoms with Gasteiger partial charge in [0, 0.05) is 0 Å². The second kappa shape index (κ2) is 12.8. The van der Waals surface area contributed by atoms with Gasteiger partial charge in [-0.05, 0) is 117 Å². The van der Waals surface area contributed by atoms with Crippen LogP contribution in [0.1, 0.15) is 26.3 Å². The van der Waals surface area contributed by atoms with Gasteiger partial charge in [-0.15, -0.1) is 0 Å². The summed E-state index contributed by atoms with van der Waals surface area (Å²) in [5.74, 6) is 0. The second-order valence-electron chi connectivity index (χ2n) is 14.9. The third-order valence-corrected chi connectivity index (χ3v) is 10.6. The minimum Gasteiger partial charge on any atom is -0.0622 e. The Balaban J connectivity index is 1.30. The van der Waals surface area contributed by atoms with E-state index in [2.05, 4.69) is 209 Å². The summed E-state index contributed by atoms with van der Waals surface area (Å²) >= 11 is 0. The van der Waals surface area contributed by atoms with Crippen LogP contribution in [0.2, 0.25) is 0 Å². The Labute approximate surface area is 306 Å². The van der Waals surface area contributed by atoms with Crippen molar-refractivity contribution in [3.05, 3.63) is 194 Å². The molecule has 0 aliphatic carbocycles. The van der Waals surface area contributed by atoms with E-state index in [0.29, 0.717) is 0 Å². The summed E-state index contributed by atoms with van der Waals surface area (Å²) in [5, 5.41) is 7.62. The second-order valence-corrected chi connectivity index (χ2v) is 14.9. The first-order valence-corrected chi connectivity index (χ1v) is 18.3. The minimum atomic E-state index is 0.00709. The average Bonchev–Trinajstić information content (AvgIpc) is 3.19. The van der Waals surface area contributed by atoms with Gasteiger partial charge in [-0.3, -0.25) is 0 Å². The van der Waals surface area contributed by atoms with Crippen molar-refractivity contribution >= 4 is 32.3 Å². The van der Waals surface area contributed by atoms with Gasteiger partial charge in [0.05, 0.1) is 0 Å². The summed E-state index contributed by atoms with van der Waals surface area (Å²) in [6, 6.07) is 69.3. The molecule has 0 aliphatic rings. The lowest BCUT2D eigenvalue weighted by molar-refractivity contribution is 0.591. The molecule has 0 spiro atoms. The van der Waals surface area contributed by atoms with E-state index in [1.165, 1.54) is 93.5 Å². The molecule has 52 heavy (non-hydrogen) atoms. The van der Waals surface area contributed by atoms with Crippen LogP contribution < -0.4 is 0 Å². The molecule has 9 aromatic carbocycles. The van der Waals surface area contributed by atoms with E-state index in [1.807, 2.05) is 0 Å². The van der Waals surface area contributed by atoms with Crippen LogP contribution in [0.5, 0.6) is 0 Å². The van der Waals surface area contributed by atoms with Crippen molar-refractivity contribution in [1.82, 2.24) is 0 Å². The number of fused-ring (bicyclic) bond motifs is 3. The predicted molar refractivity (Wildman–Crippen MR) is 225 cm³/mol. The topological polar surface area (TPSA) is 0 Å². The van der Waals surface area contributed by atoms with Gasteiger partial charge in [0.15, 0.2) is 0 Å². The molecule has 248 valence electrons. The zero-order valence-corrected chi connectivity index (χ0v) is 29.9. The molecule has 0 bridgehead atoms. The summed E-state index contributed by atoms with van der Waals surface area (Å²) in [5.41, 5.74) is 13.7. The van der Waals surface area contributed by atoms with E-state index in [-0.39, 0.29) is 5.41 Å². The molecule has 0 saturated heterocycles. The van der Waals surface area contributed by atoms with Crippen LogP contribution in [-0.4, -0.2) is 0 Å². The zero-order valence-electron chi connectivity index (χ0n) is 29.9. The highest BCUT2D eigenvalue weighted by molar-refractivity contribution is 6.22. The van der Waals surface area contributed by atoms with E-state index in [9.17, 15) is 0 Å². The molecule has 0 amide bonds. The summed E-state index contributed by atoms with van der Waals surface area (Å²) in [6.07, 6.45) is 0. The number of benzene rings is 9.